The van der Waals surface area contributed by atoms with Crippen LogP contribution < -0.4 is 0 Å². The van der Waals surface area contributed by atoms with Crippen LogP contribution in [0.2, 0.25) is 0 Å². The number of benzene rings is 1. The first kappa shape index (κ1) is 21.1. The molecule has 1 rings (SSSR count). The molecule has 25 heavy (non-hydrogen) atoms. The number of aldehydes is 1. The van der Waals surface area contributed by atoms with Crippen LogP contribution >= 0.6 is 0 Å². The van der Waals surface area contributed by atoms with Crippen molar-refractivity contribution >= 4 is 18.0 Å². The Labute approximate surface area is 150 Å². The van der Waals surface area contributed by atoms with Crippen LogP contribution in [0.5, 0.6) is 0 Å². The number of hydrogen-bond acceptors (Lipinski definition) is 3. The summed E-state index contributed by atoms with van der Waals surface area (Å²) in [4.78, 5) is 36.6. The van der Waals surface area contributed by atoms with Gasteiger partial charge >= 0.3 is 5.97 Å². The van der Waals surface area contributed by atoms with Crippen molar-refractivity contribution in [2.75, 3.05) is 0 Å². The number of carbonyl (C=O) groups excluding carboxylic acids is 2. The summed E-state index contributed by atoms with van der Waals surface area (Å²) in [7, 11) is 0. The second kappa shape index (κ2) is 7.51. The van der Waals surface area contributed by atoms with Gasteiger partial charge in [0.1, 0.15) is 11.7 Å². The van der Waals surface area contributed by atoms with Gasteiger partial charge in [0.2, 0.25) is 0 Å². The third-order valence-electron chi connectivity index (χ3n) is 5.29. The summed E-state index contributed by atoms with van der Waals surface area (Å²) in [6.45, 7) is 11.2. The topological polar surface area (TPSA) is 71.4 Å². The predicted molar refractivity (Wildman–Crippen MR) is 98.7 cm³/mol. The number of carbonyl (C=O) groups is 3. The molecule has 0 heterocycles. The highest BCUT2D eigenvalue weighted by Gasteiger charge is 2.50. The Morgan fingerprint density at radius 3 is 1.80 bits per heavy atom. The molecule has 1 aromatic carbocycles. The Balaban J connectivity index is 3.25. The van der Waals surface area contributed by atoms with E-state index in [1.54, 1.807) is 13.8 Å². The highest BCUT2D eigenvalue weighted by atomic mass is 16.4. The Morgan fingerprint density at radius 1 is 1.00 bits per heavy atom. The van der Waals surface area contributed by atoms with Crippen molar-refractivity contribution in [1.82, 2.24) is 0 Å². The molecule has 0 aromatic heterocycles. The maximum Gasteiger partial charge on any atom is 0.317 e. The third kappa shape index (κ3) is 4.17. The first-order valence-corrected chi connectivity index (χ1v) is 8.81. The van der Waals surface area contributed by atoms with E-state index in [4.69, 9.17) is 0 Å². The van der Waals surface area contributed by atoms with Crippen LogP contribution in [0.15, 0.2) is 24.3 Å². The number of carboxylic acids is 1. The van der Waals surface area contributed by atoms with Crippen molar-refractivity contribution in [3.8, 4) is 0 Å². The minimum Gasteiger partial charge on any atom is -0.480 e. The van der Waals surface area contributed by atoms with E-state index >= 15 is 0 Å². The van der Waals surface area contributed by atoms with Crippen molar-refractivity contribution in [3.05, 3.63) is 35.4 Å². The van der Waals surface area contributed by atoms with Crippen LogP contribution in [0.25, 0.3) is 0 Å². The molecule has 0 bridgehead atoms. The van der Waals surface area contributed by atoms with E-state index in [-0.39, 0.29) is 11.8 Å². The summed E-state index contributed by atoms with van der Waals surface area (Å²) in [6.07, 6.45) is 1.30. The van der Waals surface area contributed by atoms with E-state index in [9.17, 15) is 19.5 Å². The zero-order chi connectivity index (χ0) is 19.5. The Bertz CT molecular complexity index is 633. The van der Waals surface area contributed by atoms with Gasteiger partial charge in [-0.25, -0.2) is 0 Å². The molecule has 0 saturated carbocycles. The van der Waals surface area contributed by atoms with E-state index in [1.807, 2.05) is 24.3 Å². The van der Waals surface area contributed by atoms with Crippen LogP contribution in [-0.2, 0) is 26.2 Å². The van der Waals surface area contributed by atoms with E-state index in [0.29, 0.717) is 19.1 Å². The summed E-state index contributed by atoms with van der Waals surface area (Å²) in [6, 6.07) is 7.68. The quantitative estimate of drug-likeness (QED) is 0.566. The average Bonchev–Trinajstić information content (AvgIpc) is 2.56. The Morgan fingerprint density at radius 2 is 1.48 bits per heavy atom. The first-order chi connectivity index (χ1) is 11.5. The van der Waals surface area contributed by atoms with Gasteiger partial charge in [0.15, 0.2) is 5.78 Å². The monoisotopic (exact) mass is 346 g/mol. The lowest BCUT2D eigenvalue weighted by Crippen LogP contribution is -2.48. The lowest BCUT2D eigenvalue weighted by atomic mass is 9.66. The van der Waals surface area contributed by atoms with Gasteiger partial charge in [-0.1, -0.05) is 58.9 Å². The molecule has 0 aliphatic rings. The molecular formula is C21H30O4. The number of hydrogen-bond donors (Lipinski definition) is 1. The SMILES string of the molecule is CCC(C=O)(CC)C(=O)C(C)(Cc1ccc(C(C)(C)C)cc1)C(=O)O. The molecule has 138 valence electrons. The van der Waals surface area contributed by atoms with Gasteiger partial charge in [0.25, 0.3) is 0 Å². The molecule has 0 radical (unpaired) electrons. The largest absolute Gasteiger partial charge is 0.480 e. The van der Waals surface area contributed by atoms with Crippen LogP contribution in [0.4, 0.5) is 0 Å². The lowest BCUT2D eigenvalue weighted by Gasteiger charge is -2.33. The van der Waals surface area contributed by atoms with Crippen LogP contribution in [0.1, 0.15) is 65.5 Å². The smallest absolute Gasteiger partial charge is 0.317 e. The normalized spacial score (nSPS) is 14.6. The molecule has 0 spiro atoms. The Hall–Kier alpha value is -1.97. The molecular weight excluding hydrogens is 316 g/mol. The highest BCUT2D eigenvalue weighted by Crippen LogP contribution is 2.37. The number of ketones is 1. The van der Waals surface area contributed by atoms with Gasteiger partial charge in [-0.05, 0) is 42.7 Å². The predicted octanol–water partition coefficient (Wildman–Crippen LogP) is 4.19. The molecule has 1 unspecified atom stereocenters. The molecule has 0 aliphatic carbocycles. The van der Waals surface area contributed by atoms with Gasteiger partial charge in [0, 0.05) is 0 Å². The molecule has 0 amide bonds. The van der Waals surface area contributed by atoms with E-state index in [2.05, 4.69) is 20.8 Å². The zero-order valence-corrected chi connectivity index (χ0v) is 16.2. The summed E-state index contributed by atoms with van der Waals surface area (Å²) in [5.41, 5.74) is -0.946. The molecule has 0 aliphatic heterocycles. The maximum atomic E-state index is 13.0. The maximum absolute atomic E-state index is 13.0. The minimum atomic E-state index is -1.63. The minimum absolute atomic E-state index is 0.00153. The molecule has 1 N–H and O–H groups in total. The standard InChI is InChI=1S/C21H30O4/c1-7-21(8-2,14-22)17(23)20(6,18(24)25)13-15-9-11-16(12-10-15)19(3,4)5/h9-12,14H,7-8,13H2,1-6H3,(H,24,25). The Kier molecular flexibility index (Phi) is 6.33. The van der Waals surface area contributed by atoms with Crippen molar-refractivity contribution in [3.63, 3.8) is 0 Å². The zero-order valence-electron chi connectivity index (χ0n) is 16.2. The van der Waals surface area contributed by atoms with Crippen molar-refractivity contribution in [2.45, 2.75) is 66.2 Å². The van der Waals surface area contributed by atoms with Crippen LogP contribution in [0, 0.1) is 10.8 Å². The summed E-state index contributed by atoms with van der Waals surface area (Å²) in [5.74, 6) is -1.70. The highest BCUT2D eigenvalue weighted by molar-refractivity contribution is 6.11. The van der Waals surface area contributed by atoms with Gasteiger partial charge in [-0.3, -0.25) is 9.59 Å². The molecule has 1 atom stereocenters. The third-order valence-corrected chi connectivity index (χ3v) is 5.29. The summed E-state index contributed by atoms with van der Waals surface area (Å²) < 4.78 is 0. The summed E-state index contributed by atoms with van der Waals surface area (Å²) in [5, 5.41) is 9.76. The van der Waals surface area contributed by atoms with E-state index in [0.717, 1.165) is 11.1 Å². The van der Waals surface area contributed by atoms with Gasteiger partial charge < -0.3 is 9.90 Å². The number of rotatable bonds is 8. The number of aliphatic carboxylic acids is 1. The first-order valence-electron chi connectivity index (χ1n) is 8.81. The van der Waals surface area contributed by atoms with E-state index in [1.165, 1.54) is 6.92 Å². The van der Waals surface area contributed by atoms with E-state index < -0.39 is 22.6 Å². The fourth-order valence-electron chi connectivity index (χ4n) is 3.12. The fourth-order valence-corrected chi connectivity index (χ4v) is 3.12. The molecule has 4 nitrogen and oxygen atoms in total. The van der Waals surface area contributed by atoms with Crippen LogP contribution in [-0.4, -0.2) is 23.1 Å². The molecule has 1 aromatic rings. The average molecular weight is 346 g/mol. The molecule has 4 heteroatoms. The van der Waals surface area contributed by atoms with Crippen molar-refractivity contribution < 1.29 is 19.5 Å². The number of carboxylic acid groups (broad SMARTS) is 1. The molecule has 0 fully saturated rings. The van der Waals surface area contributed by atoms with Gasteiger partial charge in [-0.15, -0.1) is 0 Å². The van der Waals surface area contributed by atoms with Gasteiger partial charge in [0.05, 0.1) is 5.41 Å². The van der Waals surface area contributed by atoms with Gasteiger partial charge in [-0.2, -0.15) is 0 Å². The molecule has 0 saturated heterocycles. The fraction of sp³-hybridized carbons (Fsp3) is 0.571. The van der Waals surface area contributed by atoms with Crippen LogP contribution in [0.3, 0.4) is 0 Å². The second-order valence-electron chi connectivity index (χ2n) is 8.07. The summed E-state index contributed by atoms with van der Waals surface area (Å²) >= 11 is 0. The van der Waals surface area contributed by atoms with Crippen molar-refractivity contribution in [2.24, 2.45) is 10.8 Å². The second-order valence-corrected chi connectivity index (χ2v) is 8.07. The number of Topliss-reactive ketones (excluding diaryl/α,β-unsaturated/α-hetero) is 1. The lowest BCUT2D eigenvalue weighted by molar-refractivity contribution is -0.158. The van der Waals surface area contributed by atoms with Crippen molar-refractivity contribution in [1.29, 1.82) is 0 Å².